The number of carbonyl (C=O) groups is 1. The maximum absolute atomic E-state index is 11.5. The predicted octanol–water partition coefficient (Wildman–Crippen LogP) is 3.15. The van der Waals surface area contributed by atoms with Crippen LogP contribution in [0.5, 0.6) is 0 Å². The van der Waals surface area contributed by atoms with Crippen LogP contribution in [-0.4, -0.2) is 11.3 Å². The molecule has 0 fully saturated rings. The van der Waals surface area contributed by atoms with Gasteiger partial charge in [0, 0.05) is 5.33 Å². The normalized spacial score (nSPS) is 12.1. The summed E-state index contributed by atoms with van der Waals surface area (Å²) in [6, 6.07) is 9.71. The molecule has 0 amide bonds. The first-order valence-electron chi connectivity index (χ1n) is 5.00. The third-order valence-electron chi connectivity index (χ3n) is 2.17. The third kappa shape index (κ3) is 4.47. The van der Waals surface area contributed by atoms with E-state index in [-0.39, 0.29) is 11.9 Å². The molecule has 1 aromatic rings. The summed E-state index contributed by atoms with van der Waals surface area (Å²) in [5, 5.41) is 0.828. The zero-order valence-electron chi connectivity index (χ0n) is 8.78. The Morgan fingerprint density at radius 3 is 2.67 bits per heavy atom. The monoisotopic (exact) mass is 270 g/mol. The lowest BCUT2D eigenvalue weighted by atomic mass is 10.1. The molecular formula is C12H15BrO2. The van der Waals surface area contributed by atoms with Gasteiger partial charge in [0.25, 0.3) is 0 Å². The topological polar surface area (TPSA) is 26.3 Å². The molecule has 82 valence electrons. The molecule has 0 spiro atoms. The van der Waals surface area contributed by atoms with Gasteiger partial charge in [-0.05, 0) is 12.0 Å². The number of rotatable bonds is 5. The summed E-state index contributed by atoms with van der Waals surface area (Å²) in [5.74, 6) is -0.161. The van der Waals surface area contributed by atoms with Gasteiger partial charge in [0.1, 0.15) is 6.61 Å². The fraction of sp³-hybridized carbons (Fsp3) is 0.417. The number of halogens is 1. The Balaban J connectivity index is 2.34. The summed E-state index contributed by atoms with van der Waals surface area (Å²) in [7, 11) is 0. The van der Waals surface area contributed by atoms with Crippen molar-refractivity contribution in [2.75, 3.05) is 5.33 Å². The van der Waals surface area contributed by atoms with Gasteiger partial charge in [0.05, 0.1) is 5.92 Å². The van der Waals surface area contributed by atoms with E-state index in [4.69, 9.17) is 4.74 Å². The fourth-order valence-electron chi connectivity index (χ4n) is 1.15. The molecule has 0 aromatic heterocycles. The number of hydrogen-bond acceptors (Lipinski definition) is 2. The molecule has 0 radical (unpaired) electrons. The summed E-state index contributed by atoms with van der Waals surface area (Å²) in [6.45, 7) is 2.25. The molecule has 0 N–H and O–H groups in total. The van der Waals surface area contributed by atoms with Crippen molar-refractivity contribution >= 4 is 21.9 Å². The van der Waals surface area contributed by atoms with Gasteiger partial charge in [0.15, 0.2) is 0 Å². The van der Waals surface area contributed by atoms with Crippen LogP contribution in [0.2, 0.25) is 0 Å². The Morgan fingerprint density at radius 2 is 2.07 bits per heavy atom. The minimum absolute atomic E-state index is 0.0342. The molecule has 0 bridgehead atoms. The van der Waals surface area contributed by atoms with Crippen LogP contribution in [0, 0.1) is 5.92 Å². The van der Waals surface area contributed by atoms with Crippen molar-refractivity contribution in [3.8, 4) is 0 Å². The molecule has 0 aliphatic heterocycles. The Bertz CT molecular complexity index is 298. The summed E-state index contributed by atoms with van der Waals surface area (Å²) in [5.41, 5.74) is 1.02. The largest absolute Gasteiger partial charge is 0.461 e. The van der Waals surface area contributed by atoms with E-state index >= 15 is 0 Å². The average molecular weight is 271 g/mol. The molecule has 0 saturated carbocycles. The van der Waals surface area contributed by atoms with Crippen LogP contribution in [-0.2, 0) is 16.1 Å². The molecule has 15 heavy (non-hydrogen) atoms. The highest BCUT2D eigenvalue weighted by Gasteiger charge is 2.13. The van der Waals surface area contributed by atoms with Crippen LogP contribution < -0.4 is 0 Å². The Morgan fingerprint density at radius 1 is 1.40 bits per heavy atom. The Labute approximate surface area is 98.8 Å². The van der Waals surface area contributed by atoms with E-state index in [1.165, 1.54) is 0 Å². The average Bonchev–Trinajstić information content (AvgIpc) is 2.27. The quantitative estimate of drug-likeness (QED) is 0.607. The lowest BCUT2D eigenvalue weighted by molar-refractivity contribution is -0.149. The van der Waals surface area contributed by atoms with Gasteiger partial charge in [-0.1, -0.05) is 53.2 Å². The van der Waals surface area contributed by atoms with Crippen molar-refractivity contribution in [1.29, 1.82) is 0 Å². The summed E-state index contributed by atoms with van der Waals surface area (Å²) >= 11 is 3.31. The molecular weight excluding hydrogens is 256 g/mol. The molecule has 1 rings (SSSR count). The predicted molar refractivity (Wildman–Crippen MR) is 63.8 cm³/mol. The molecule has 0 heterocycles. The molecule has 0 aliphatic carbocycles. The van der Waals surface area contributed by atoms with Gasteiger partial charge in [-0.15, -0.1) is 0 Å². The molecule has 3 heteroatoms. The molecule has 0 saturated heterocycles. The van der Waals surface area contributed by atoms with Gasteiger partial charge in [0.2, 0.25) is 0 Å². The lowest BCUT2D eigenvalue weighted by Gasteiger charge is -2.09. The second kappa shape index (κ2) is 6.62. The van der Waals surface area contributed by atoms with Crippen molar-refractivity contribution in [3.05, 3.63) is 35.9 Å². The maximum atomic E-state index is 11.5. The van der Waals surface area contributed by atoms with Crippen LogP contribution >= 0.6 is 15.9 Å². The van der Waals surface area contributed by atoms with Crippen LogP contribution in [0.1, 0.15) is 18.9 Å². The highest BCUT2D eigenvalue weighted by molar-refractivity contribution is 9.09. The van der Waals surface area contributed by atoms with Crippen LogP contribution in [0.15, 0.2) is 30.3 Å². The molecule has 1 unspecified atom stereocenters. The highest BCUT2D eigenvalue weighted by Crippen LogP contribution is 2.09. The summed E-state index contributed by atoms with van der Waals surface area (Å²) in [6.07, 6.45) is 0.813. The van der Waals surface area contributed by atoms with E-state index in [1.807, 2.05) is 37.3 Å². The highest BCUT2D eigenvalue weighted by atomic mass is 79.9. The summed E-state index contributed by atoms with van der Waals surface area (Å²) in [4.78, 5) is 11.5. The Kier molecular flexibility index (Phi) is 5.40. The standard InChI is InChI=1S/C12H15BrO2/c1-10(7-8-13)12(14)15-9-11-5-3-2-4-6-11/h2-6,10H,7-9H2,1H3. The zero-order chi connectivity index (χ0) is 11.1. The van der Waals surface area contributed by atoms with Gasteiger partial charge in [-0.3, -0.25) is 4.79 Å². The van der Waals surface area contributed by atoms with E-state index in [9.17, 15) is 4.79 Å². The summed E-state index contributed by atoms with van der Waals surface area (Å²) < 4.78 is 5.18. The first-order valence-corrected chi connectivity index (χ1v) is 6.12. The van der Waals surface area contributed by atoms with Crippen molar-refractivity contribution < 1.29 is 9.53 Å². The van der Waals surface area contributed by atoms with Gasteiger partial charge < -0.3 is 4.74 Å². The lowest BCUT2D eigenvalue weighted by Crippen LogP contribution is -2.15. The molecule has 0 aliphatic rings. The van der Waals surface area contributed by atoms with Crippen LogP contribution in [0.25, 0.3) is 0 Å². The maximum Gasteiger partial charge on any atom is 0.309 e. The van der Waals surface area contributed by atoms with E-state index in [1.54, 1.807) is 0 Å². The number of ether oxygens (including phenoxy) is 1. The van der Waals surface area contributed by atoms with E-state index in [2.05, 4.69) is 15.9 Å². The van der Waals surface area contributed by atoms with E-state index in [0.717, 1.165) is 17.3 Å². The minimum atomic E-state index is -0.127. The number of esters is 1. The van der Waals surface area contributed by atoms with Gasteiger partial charge in [-0.25, -0.2) is 0 Å². The van der Waals surface area contributed by atoms with Gasteiger partial charge in [-0.2, -0.15) is 0 Å². The third-order valence-corrected chi connectivity index (χ3v) is 2.63. The SMILES string of the molecule is CC(CCBr)C(=O)OCc1ccccc1. The van der Waals surface area contributed by atoms with E-state index < -0.39 is 0 Å². The Hall–Kier alpha value is -0.830. The molecule has 1 aromatic carbocycles. The number of alkyl halides is 1. The van der Waals surface area contributed by atoms with Crippen molar-refractivity contribution in [2.24, 2.45) is 5.92 Å². The molecule has 2 nitrogen and oxygen atoms in total. The first kappa shape index (κ1) is 12.2. The molecule has 1 atom stereocenters. The van der Waals surface area contributed by atoms with Crippen molar-refractivity contribution in [1.82, 2.24) is 0 Å². The van der Waals surface area contributed by atoms with E-state index in [0.29, 0.717) is 6.61 Å². The second-order valence-corrected chi connectivity index (χ2v) is 4.27. The van der Waals surface area contributed by atoms with Crippen LogP contribution in [0.4, 0.5) is 0 Å². The fourth-order valence-corrected chi connectivity index (χ4v) is 1.84. The second-order valence-electron chi connectivity index (χ2n) is 3.47. The smallest absolute Gasteiger partial charge is 0.309 e. The zero-order valence-corrected chi connectivity index (χ0v) is 10.4. The van der Waals surface area contributed by atoms with Gasteiger partial charge >= 0.3 is 5.97 Å². The minimum Gasteiger partial charge on any atom is -0.461 e. The van der Waals surface area contributed by atoms with Crippen LogP contribution in [0.3, 0.4) is 0 Å². The number of carbonyl (C=O) groups excluding carboxylic acids is 1. The van der Waals surface area contributed by atoms with Crippen molar-refractivity contribution in [2.45, 2.75) is 20.0 Å². The number of hydrogen-bond donors (Lipinski definition) is 0. The first-order chi connectivity index (χ1) is 7.24. The number of benzene rings is 1. The van der Waals surface area contributed by atoms with Crippen molar-refractivity contribution in [3.63, 3.8) is 0 Å².